The molecule has 2 aromatic carbocycles. The Kier molecular flexibility index (Phi) is 4.37. The molecule has 0 unspecified atom stereocenters. The van der Waals surface area contributed by atoms with Gasteiger partial charge in [0.15, 0.2) is 5.58 Å². The van der Waals surface area contributed by atoms with E-state index in [4.69, 9.17) is 4.52 Å². The second-order valence-electron chi connectivity index (χ2n) is 6.71. The summed E-state index contributed by atoms with van der Waals surface area (Å²) in [6, 6.07) is 12.6. The van der Waals surface area contributed by atoms with Crippen LogP contribution >= 0.6 is 0 Å². The number of fused-ring (bicyclic) bond motifs is 1. The Morgan fingerprint density at radius 1 is 1.11 bits per heavy atom. The van der Waals surface area contributed by atoms with Gasteiger partial charge in [-0.1, -0.05) is 35.5 Å². The summed E-state index contributed by atoms with van der Waals surface area (Å²) in [5.41, 5.74) is 0.497. The maximum Gasteiger partial charge on any atom is 0.416 e. The highest BCUT2D eigenvalue weighted by Crippen LogP contribution is 2.35. The van der Waals surface area contributed by atoms with Gasteiger partial charge in [-0.25, -0.2) is 0 Å². The van der Waals surface area contributed by atoms with Gasteiger partial charge in [0.05, 0.1) is 12.0 Å². The molecule has 0 N–H and O–H groups in total. The molecule has 0 radical (unpaired) electrons. The van der Waals surface area contributed by atoms with Crippen LogP contribution in [0.5, 0.6) is 0 Å². The summed E-state index contributed by atoms with van der Waals surface area (Å²) in [6.07, 6.45) is -2.84. The smallest absolute Gasteiger partial charge is 0.356 e. The quantitative estimate of drug-likeness (QED) is 0.657. The van der Waals surface area contributed by atoms with Crippen LogP contribution in [0.3, 0.4) is 0 Å². The summed E-state index contributed by atoms with van der Waals surface area (Å²) in [7, 11) is 0. The lowest BCUT2D eigenvalue weighted by atomic mass is 10.1. The van der Waals surface area contributed by atoms with Crippen molar-refractivity contribution < 1.29 is 22.5 Å². The van der Waals surface area contributed by atoms with E-state index in [0.29, 0.717) is 11.3 Å². The lowest BCUT2D eigenvalue weighted by Crippen LogP contribution is -2.34. The summed E-state index contributed by atoms with van der Waals surface area (Å²) in [6.45, 7) is -0.0605. The van der Waals surface area contributed by atoms with Crippen molar-refractivity contribution in [1.29, 1.82) is 0 Å². The minimum absolute atomic E-state index is 0.00168. The van der Waals surface area contributed by atoms with E-state index >= 15 is 0 Å². The fourth-order valence-electron chi connectivity index (χ4n) is 3.24. The van der Waals surface area contributed by atoms with E-state index < -0.39 is 11.7 Å². The Balaban J connectivity index is 1.58. The second kappa shape index (κ2) is 6.72. The van der Waals surface area contributed by atoms with Gasteiger partial charge in [0.1, 0.15) is 5.69 Å². The van der Waals surface area contributed by atoms with E-state index in [1.54, 1.807) is 12.1 Å². The number of benzene rings is 2. The predicted molar refractivity (Wildman–Crippen MR) is 92.7 cm³/mol. The molecule has 4 nitrogen and oxygen atoms in total. The Morgan fingerprint density at radius 2 is 1.81 bits per heavy atom. The molecule has 0 aliphatic heterocycles. The normalized spacial score (nSPS) is 14.5. The van der Waals surface area contributed by atoms with Crippen LogP contribution in [0.1, 0.15) is 29.7 Å². The van der Waals surface area contributed by atoms with E-state index in [-0.39, 0.29) is 30.5 Å². The molecule has 4 rings (SSSR count). The Morgan fingerprint density at radius 3 is 2.56 bits per heavy atom. The minimum atomic E-state index is -4.45. The van der Waals surface area contributed by atoms with Crippen molar-refractivity contribution in [2.75, 3.05) is 0 Å². The molecule has 27 heavy (non-hydrogen) atoms. The molecule has 1 aliphatic rings. The zero-order valence-corrected chi connectivity index (χ0v) is 14.4. The number of para-hydroxylation sites is 1. The summed E-state index contributed by atoms with van der Waals surface area (Å²) in [5, 5.41) is 4.71. The van der Waals surface area contributed by atoms with Crippen molar-refractivity contribution in [3.63, 3.8) is 0 Å². The zero-order valence-electron chi connectivity index (χ0n) is 14.4. The average Bonchev–Trinajstić information content (AvgIpc) is 3.41. The van der Waals surface area contributed by atoms with Gasteiger partial charge in [-0.3, -0.25) is 4.79 Å². The third-order valence-electron chi connectivity index (χ3n) is 4.74. The lowest BCUT2D eigenvalue weighted by molar-refractivity contribution is -0.140. The van der Waals surface area contributed by atoms with Crippen LogP contribution in [-0.4, -0.2) is 22.0 Å². The van der Waals surface area contributed by atoms with Crippen LogP contribution in [0.4, 0.5) is 13.2 Å². The molecule has 1 amide bonds. The number of amides is 1. The number of hydrogen-bond donors (Lipinski definition) is 0. The van der Waals surface area contributed by atoms with E-state index in [0.717, 1.165) is 24.3 Å². The predicted octanol–water partition coefficient (Wildman–Crippen LogP) is 4.58. The monoisotopic (exact) mass is 374 g/mol. The number of nitrogens with zero attached hydrogens (tertiary/aromatic N) is 2. The maximum atomic E-state index is 13.3. The molecule has 0 saturated heterocycles. The van der Waals surface area contributed by atoms with Crippen molar-refractivity contribution in [2.45, 2.75) is 38.0 Å². The molecular weight excluding hydrogens is 357 g/mol. The van der Waals surface area contributed by atoms with Crippen LogP contribution < -0.4 is 0 Å². The van der Waals surface area contributed by atoms with Crippen LogP contribution in [0.2, 0.25) is 0 Å². The van der Waals surface area contributed by atoms with Crippen LogP contribution in [0.25, 0.3) is 11.0 Å². The van der Waals surface area contributed by atoms with Gasteiger partial charge in [0.25, 0.3) is 0 Å². The Labute approximate surface area is 153 Å². The fourth-order valence-corrected chi connectivity index (χ4v) is 3.24. The molecular formula is C20H17F3N2O2. The first kappa shape index (κ1) is 17.6. The zero-order chi connectivity index (χ0) is 19.0. The van der Waals surface area contributed by atoms with Crippen LogP contribution in [0, 0.1) is 0 Å². The highest BCUT2D eigenvalue weighted by Gasteiger charge is 2.37. The van der Waals surface area contributed by atoms with E-state index in [2.05, 4.69) is 5.16 Å². The van der Waals surface area contributed by atoms with Crippen molar-refractivity contribution in [3.05, 3.63) is 65.4 Å². The van der Waals surface area contributed by atoms with Gasteiger partial charge in [-0.15, -0.1) is 0 Å². The van der Waals surface area contributed by atoms with Gasteiger partial charge in [0, 0.05) is 18.0 Å². The van der Waals surface area contributed by atoms with Gasteiger partial charge >= 0.3 is 6.18 Å². The molecule has 3 aromatic rings. The molecule has 1 saturated carbocycles. The summed E-state index contributed by atoms with van der Waals surface area (Å²) < 4.78 is 45.0. The maximum absolute atomic E-state index is 13.3. The third kappa shape index (κ3) is 3.67. The third-order valence-corrected chi connectivity index (χ3v) is 4.74. The Bertz CT molecular complexity index is 977. The number of rotatable bonds is 5. The first-order valence-corrected chi connectivity index (χ1v) is 8.71. The van der Waals surface area contributed by atoms with Crippen molar-refractivity contribution >= 4 is 16.9 Å². The first-order valence-electron chi connectivity index (χ1n) is 8.71. The topological polar surface area (TPSA) is 46.3 Å². The average molecular weight is 374 g/mol. The fraction of sp³-hybridized carbons (Fsp3) is 0.300. The standard InChI is InChI=1S/C20H17F3N2O2/c21-20(22,23)16-7-3-1-5-13(16)12-25(14-9-10-14)19(26)11-17-15-6-2-4-8-18(15)27-24-17/h1-8,14H,9-12H2. The second-order valence-corrected chi connectivity index (χ2v) is 6.71. The summed E-state index contributed by atoms with van der Waals surface area (Å²) in [4.78, 5) is 14.4. The number of halogens is 3. The van der Waals surface area contributed by atoms with Gasteiger partial charge in [-0.05, 0) is 36.6 Å². The summed E-state index contributed by atoms with van der Waals surface area (Å²) in [5.74, 6) is -0.242. The lowest BCUT2D eigenvalue weighted by Gasteiger charge is -2.24. The molecule has 1 aliphatic carbocycles. The van der Waals surface area contributed by atoms with Crippen molar-refractivity contribution in [2.24, 2.45) is 0 Å². The SMILES string of the molecule is O=C(Cc1noc2ccccc12)N(Cc1ccccc1C(F)(F)F)C1CC1. The van der Waals surface area contributed by atoms with E-state index in [9.17, 15) is 18.0 Å². The van der Waals surface area contributed by atoms with Crippen molar-refractivity contribution in [1.82, 2.24) is 10.1 Å². The molecule has 0 atom stereocenters. The van der Waals surface area contributed by atoms with Gasteiger partial charge in [0.2, 0.25) is 5.91 Å². The molecule has 7 heteroatoms. The summed E-state index contributed by atoms with van der Waals surface area (Å²) >= 11 is 0. The molecule has 0 spiro atoms. The van der Waals surface area contributed by atoms with Crippen molar-refractivity contribution in [3.8, 4) is 0 Å². The van der Waals surface area contributed by atoms with E-state index in [1.807, 2.05) is 18.2 Å². The number of aromatic nitrogens is 1. The molecule has 1 heterocycles. The number of carbonyl (C=O) groups is 1. The van der Waals surface area contributed by atoms with Crippen LogP contribution in [0.15, 0.2) is 53.1 Å². The number of hydrogen-bond acceptors (Lipinski definition) is 3. The molecule has 1 fully saturated rings. The number of alkyl halides is 3. The minimum Gasteiger partial charge on any atom is -0.356 e. The number of carbonyl (C=O) groups excluding carboxylic acids is 1. The highest BCUT2D eigenvalue weighted by atomic mass is 19.4. The Hall–Kier alpha value is -2.83. The van der Waals surface area contributed by atoms with Gasteiger partial charge < -0.3 is 9.42 Å². The van der Waals surface area contributed by atoms with Crippen LogP contribution in [-0.2, 0) is 23.9 Å². The van der Waals surface area contributed by atoms with Gasteiger partial charge in [-0.2, -0.15) is 13.2 Å². The largest absolute Gasteiger partial charge is 0.416 e. The first-order chi connectivity index (χ1) is 12.9. The highest BCUT2D eigenvalue weighted by molar-refractivity contribution is 5.86. The van der Waals surface area contributed by atoms with E-state index in [1.165, 1.54) is 17.0 Å². The molecule has 0 bridgehead atoms. The molecule has 1 aromatic heterocycles. The molecule has 140 valence electrons.